The highest BCUT2D eigenvalue weighted by Crippen LogP contribution is 2.36. The van der Waals surface area contributed by atoms with Crippen LogP contribution in [0.4, 0.5) is 13.2 Å². The molecule has 2 nitrogen and oxygen atoms in total. The van der Waals surface area contributed by atoms with Gasteiger partial charge in [-0.2, -0.15) is 0 Å². The largest absolute Gasteiger partial charge is 0.329 e. The van der Waals surface area contributed by atoms with Crippen LogP contribution in [0.1, 0.15) is 37.3 Å². The zero-order valence-electron chi connectivity index (χ0n) is 10.8. The molecule has 1 aromatic carbocycles. The van der Waals surface area contributed by atoms with Crippen LogP contribution in [-0.2, 0) is 4.79 Å². The van der Waals surface area contributed by atoms with Gasteiger partial charge in [0.1, 0.15) is 0 Å². The van der Waals surface area contributed by atoms with Crippen molar-refractivity contribution in [3.8, 4) is 0 Å². The van der Waals surface area contributed by atoms with Crippen LogP contribution in [0, 0.1) is 17.5 Å². The monoisotopic (exact) mass is 281 g/mol. The van der Waals surface area contributed by atoms with E-state index in [0.29, 0.717) is 6.42 Å². The third-order valence-corrected chi connectivity index (χ3v) is 3.98. The molecule has 5 heteroatoms. The summed E-state index contributed by atoms with van der Waals surface area (Å²) in [6.45, 7) is 0. The molecule has 0 aromatic heterocycles. The molecular formula is C15H14F3NO. The van der Waals surface area contributed by atoms with Crippen molar-refractivity contribution in [1.82, 2.24) is 4.90 Å². The average Bonchev–Trinajstić information content (AvgIpc) is 2.44. The van der Waals surface area contributed by atoms with E-state index in [2.05, 4.69) is 0 Å². The first-order chi connectivity index (χ1) is 9.58. The standard InChI is InChI=1S/C15H14F3NO/c16-11-7-9(8-12(17)15(11)18)13-5-1-3-10-4-2-6-14(20)19(10)13/h1,5,7-8,10,13H,2-4,6H2/t10-,13-/m0/s1. The van der Waals surface area contributed by atoms with Gasteiger partial charge in [-0.1, -0.05) is 12.2 Å². The van der Waals surface area contributed by atoms with E-state index in [1.54, 1.807) is 11.0 Å². The van der Waals surface area contributed by atoms with E-state index in [1.807, 2.05) is 6.08 Å². The van der Waals surface area contributed by atoms with Crippen LogP contribution in [0.5, 0.6) is 0 Å². The summed E-state index contributed by atoms with van der Waals surface area (Å²) in [4.78, 5) is 13.8. The SMILES string of the molecule is O=C1CCC[C@@H]2CC=C[C@@H](c3cc(F)c(F)c(F)c3)N12. The smallest absolute Gasteiger partial charge is 0.223 e. The molecule has 0 bridgehead atoms. The Labute approximate surface area is 114 Å². The highest BCUT2D eigenvalue weighted by molar-refractivity contribution is 5.78. The molecule has 106 valence electrons. The molecule has 0 saturated carbocycles. The lowest BCUT2D eigenvalue weighted by atomic mass is 9.90. The number of nitrogens with zero attached hydrogens (tertiary/aromatic N) is 1. The van der Waals surface area contributed by atoms with Gasteiger partial charge in [-0.15, -0.1) is 0 Å². The molecule has 1 fully saturated rings. The highest BCUT2D eigenvalue weighted by Gasteiger charge is 2.35. The molecule has 2 aliphatic rings. The summed E-state index contributed by atoms with van der Waals surface area (Å²) >= 11 is 0. The highest BCUT2D eigenvalue weighted by atomic mass is 19.2. The van der Waals surface area contributed by atoms with Crippen LogP contribution in [-0.4, -0.2) is 16.8 Å². The fourth-order valence-electron chi connectivity index (χ4n) is 3.05. The molecule has 0 unspecified atom stereocenters. The van der Waals surface area contributed by atoms with E-state index in [0.717, 1.165) is 31.4 Å². The van der Waals surface area contributed by atoms with E-state index in [-0.39, 0.29) is 17.5 Å². The summed E-state index contributed by atoms with van der Waals surface area (Å²) in [6, 6.07) is 1.50. The van der Waals surface area contributed by atoms with Gasteiger partial charge in [0.15, 0.2) is 17.5 Å². The number of carbonyl (C=O) groups excluding carboxylic acids is 1. The van der Waals surface area contributed by atoms with Crippen molar-refractivity contribution < 1.29 is 18.0 Å². The van der Waals surface area contributed by atoms with E-state index >= 15 is 0 Å². The van der Waals surface area contributed by atoms with Crippen LogP contribution in [0.15, 0.2) is 24.3 Å². The molecule has 0 N–H and O–H groups in total. The Kier molecular flexibility index (Phi) is 3.28. The van der Waals surface area contributed by atoms with E-state index in [1.165, 1.54) is 0 Å². The predicted octanol–water partition coefficient (Wildman–Crippen LogP) is 3.49. The Bertz CT molecular complexity index is 561. The quantitative estimate of drug-likeness (QED) is 0.570. The van der Waals surface area contributed by atoms with Crippen molar-refractivity contribution in [2.45, 2.75) is 37.8 Å². The Balaban J connectivity index is 2.02. The van der Waals surface area contributed by atoms with Gasteiger partial charge in [0.25, 0.3) is 0 Å². The lowest BCUT2D eigenvalue weighted by Gasteiger charge is -2.42. The molecule has 0 aliphatic carbocycles. The number of benzene rings is 1. The van der Waals surface area contributed by atoms with E-state index in [9.17, 15) is 18.0 Å². The first kappa shape index (κ1) is 13.2. The molecular weight excluding hydrogens is 267 g/mol. The Morgan fingerprint density at radius 2 is 1.85 bits per heavy atom. The molecule has 0 radical (unpaired) electrons. The molecule has 1 aromatic rings. The van der Waals surface area contributed by atoms with Crippen LogP contribution in [0.3, 0.4) is 0 Å². The number of halogens is 3. The maximum Gasteiger partial charge on any atom is 0.223 e. The maximum absolute atomic E-state index is 13.4. The minimum atomic E-state index is -1.48. The second-order valence-corrected chi connectivity index (χ2v) is 5.25. The maximum atomic E-state index is 13.4. The molecule has 0 spiro atoms. The fraction of sp³-hybridized carbons (Fsp3) is 0.400. The lowest BCUT2D eigenvalue weighted by Crippen LogP contribution is -2.46. The van der Waals surface area contributed by atoms with E-state index in [4.69, 9.17) is 0 Å². The summed E-state index contributed by atoms with van der Waals surface area (Å²) in [5.41, 5.74) is 0.276. The molecule has 2 aliphatic heterocycles. The van der Waals surface area contributed by atoms with Gasteiger partial charge in [-0.3, -0.25) is 4.79 Å². The van der Waals surface area contributed by atoms with Crippen molar-refractivity contribution in [2.24, 2.45) is 0 Å². The summed E-state index contributed by atoms with van der Waals surface area (Å²) in [7, 11) is 0. The number of piperidine rings is 1. The van der Waals surface area contributed by atoms with Crippen molar-refractivity contribution in [1.29, 1.82) is 0 Å². The molecule has 1 amide bonds. The molecule has 1 saturated heterocycles. The zero-order valence-corrected chi connectivity index (χ0v) is 10.8. The van der Waals surface area contributed by atoms with Crippen LogP contribution >= 0.6 is 0 Å². The van der Waals surface area contributed by atoms with Gasteiger partial charge < -0.3 is 4.90 Å². The minimum absolute atomic E-state index is 0.0132. The first-order valence-corrected chi connectivity index (χ1v) is 6.70. The molecule has 2 heterocycles. The summed E-state index contributed by atoms with van der Waals surface area (Å²) < 4.78 is 39.8. The Hall–Kier alpha value is -1.78. The minimum Gasteiger partial charge on any atom is -0.329 e. The van der Waals surface area contributed by atoms with Gasteiger partial charge >= 0.3 is 0 Å². The Morgan fingerprint density at radius 1 is 1.15 bits per heavy atom. The second kappa shape index (κ2) is 4.96. The molecule has 2 atom stereocenters. The number of hydrogen-bond acceptors (Lipinski definition) is 1. The van der Waals surface area contributed by atoms with Gasteiger partial charge in [0.05, 0.1) is 6.04 Å². The summed E-state index contributed by atoms with van der Waals surface area (Å²) in [6.07, 6.45) is 6.61. The predicted molar refractivity (Wildman–Crippen MR) is 67.3 cm³/mol. The third kappa shape index (κ3) is 2.11. The van der Waals surface area contributed by atoms with E-state index < -0.39 is 23.5 Å². The lowest BCUT2D eigenvalue weighted by molar-refractivity contribution is -0.138. The van der Waals surface area contributed by atoms with Crippen molar-refractivity contribution in [3.05, 3.63) is 47.3 Å². The van der Waals surface area contributed by atoms with Gasteiger partial charge in [0, 0.05) is 12.5 Å². The van der Waals surface area contributed by atoms with Crippen LogP contribution < -0.4 is 0 Å². The number of amides is 1. The third-order valence-electron chi connectivity index (χ3n) is 3.98. The zero-order chi connectivity index (χ0) is 14.3. The van der Waals surface area contributed by atoms with Gasteiger partial charge in [-0.05, 0) is 37.0 Å². The first-order valence-electron chi connectivity index (χ1n) is 6.70. The van der Waals surface area contributed by atoms with Gasteiger partial charge in [0.2, 0.25) is 5.91 Å². The van der Waals surface area contributed by atoms with Crippen molar-refractivity contribution in [2.75, 3.05) is 0 Å². The van der Waals surface area contributed by atoms with Crippen molar-refractivity contribution in [3.63, 3.8) is 0 Å². The van der Waals surface area contributed by atoms with Crippen LogP contribution in [0.25, 0.3) is 0 Å². The normalized spacial score (nSPS) is 25.8. The average molecular weight is 281 g/mol. The Morgan fingerprint density at radius 3 is 2.55 bits per heavy atom. The fourth-order valence-corrected chi connectivity index (χ4v) is 3.05. The number of hydrogen-bond donors (Lipinski definition) is 0. The van der Waals surface area contributed by atoms with Gasteiger partial charge in [-0.25, -0.2) is 13.2 Å². The number of rotatable bonds is 1. The summed E-state index contributed by atoms with van der Waals surface area (Å²) in [5.74, 6) is -3.93. The molecule has 20 heavy (non-hydrogen) atoms. The van der Waals surface area contributed by atoms with Crippen molar-refractivity contribution >= 4 is 5.91 Å². The second-order valence-electron chi connectivity index (χ2n) is 5.25. The number of carbonyl (C=O) groups is 1. The topological polar surface area (TPSA) is 20.3 Å². The van der Waals surface area contributed by atoms with Crippen LogP contribution in [0.2, 0.25) is 0 Å². The number of fused-ring (bicyclic) bond motifs is 1. The molecule has 3 rings (SSSR count). The summed E-state index contributed by atoms with van der Waals surface area (Å²) in [5, 5.41) is 0.